The molecule has 0 atom stereocenters. The van der Waals surface area contributed by atoms with E-state index in [0.717, 1.165) is 26.8 Å². The molecule has 0 aliphatic rings. The lowest BCUT2D eigenvalue weighted by Crippen LogP contribution is -1.77. The minimum absolute atomic E-state index is 0.213. The number of fused-ring (bicyclic) bond motifs is 3. The van der Waals surface area contributed by atoms with Gasteiger partial charge in [-0.1, -0.05) is 18.2 Å². The van der Waals surface area contributed by atoms with Crippen LogP contribution in [0.1, 0.15) is 0 Å². The fourth-order valence-corrected chi connectivity index (χ4v) is 4.66. The molecule has 108 valence electrons. The first kappa shape index (κ1) is 13.1. The van der Waals surface area contributed by atoms with Crippen molar-refractivity contribution in [2.24, 2.45) is 0 Å². The van der Waals surface area contributed by atoms with Crippen LogP contribution >= 0.6 is 7.76 Å². The van der Waals surface area contributed by atoms with E-state index >= 15 is 0 Å². The third kappa shape index (κ3) is 2.07. The van der Waals surface area contributed by atoms with Crippen molar-refractivity contribution in [2.75, 3.05) is 0 Å². The van der Waals surface area contributed by atoms with Gasteiger partial charge in [0, 0.05) is 21.0 Å². The summed E-state index contributed by atoms with van der Waals surface area (Å²) in [5.41, 5.74) is 0. The number of phenols is 2. The summed E-state index contributed by atoms with van der Waals surface area (Å²) in [5.74, 6) is 1.24. The van der Waals surface area contributed by atoms with Gasteiger partial charge in [-0.2, -0.15) is 0 Å². The smallest absolute Gasteiger partial charge is 0.130 e. The highest BCUT2D eigenvalue weighted by atomic mass is 31.1. The summed E-state index contributed by atoms with van der Waals surface area (Å²) in [4.78, 5) is 0. The van der Waals surface area contributed by atoms with E-state index < -0.39 is 7.76 Å². The Morgan fingerprint density at radius 3 is 1.77 bits per heavy atom. The Morgan fingerprint density at radius 1 is 0.682 bits per heavy atom. The molecule has 0 saturated carbocycles. The second-order valence-corrected chi connectivity index (χ2v) is 6.84. The number of hydrogen-bond acceptors (Lipinski definition) is 3. The molecule has 0 saturated heterocycles. The van der Waals surface area contributed by atoms with Crippen LogP contribution in [0.3, 0.4) is 0 Å². The molecule has 0 spiro atoms. The molecule has 0 unspecified atom stereocenters. The molecule has 3 aromatic carbocycles. The number of phenolic OH excluding ortho intramolecular Hbond substituents is 2. The van der Waals surface area contributed by atoms with E-state index in [1.165, 1.54) is 0 Å². The van der Waals surface area contributed by atoms with Crippen molar-refractivity contribution in [1.29, 1.82) is 0 Å². The van der Waals surface area contributed by atoms with Crippen LogP contribution in [-0.2, 0) is 0 Å². The van der Waals surface area contributed by atoms with Crippen molar-refractivity contribution < 1.29 is 14.7 Å². The van der Waals surface area contributed by atoms with Crippen molar-refractivity contribution in [3.8, 4) is 17.2 Å². The molecule has 4 heteroatoms. The van der Waals surface area contributed by atoms with E-state index in [0.29, 0.717) is 0 Å². The monoisotopic (exact) mass is 308 g/mol. The Labute approximate surface area is 128 Å². The maximum Gasteiger partial charge on any atom is 0.130 e. The quantitative estimate of drug-likeness (QED) is 0.533. The number of rotatable bonds is 2. The van der Waals surface area contributed by atoms with Gasteiger partial charge in [0.05, 0.1) is 7.76 Å². The van der Waals surface area contributed by atoms with Gasteiger partial charge >= 0.3 is 0 Å². The summed E-state index contributed by atoms with van der Waals surface area (Å²) in [7, 11) is -1.00. The van der Waals surface area contributed by atoms with Crippen molar-refractivity contribution >= 4 is 28.8 Å². The lowest BCUT2D eigenvalue weighted by atomic mass is 10.1. The van der Waals surface area contributed by atoms with Gasteiger partial charge in [0.2, 0.25) is 0 Å². The van der Waals surface area contributed by atoms with Gasteiger partial charge in [-0.3, -0.25) is 0 Å². The largest absolute Gasteiger partial charge is 0.508 e. The zero-order valence-electron chi connectivity index (χ0n) is 11.6. The topological polar surface area (TPSA) is 49.7 Å². The molecule has 0 radical (unpaired) electrons. The van der Waals surface area contributed by atoms with E-state index in [1.54, 1.807) is 24.3 Å². The van der Waals surface area contributed by atoms with Gasteiger partial charge in [-0.25, -0.2) is 0 Å². The summed E-state index contributed by atoms with van der Waals surface area (Å²) in [6.07, 6.45) is 0. The van der Waals surface area contributed by atoms with Gasteiger partial charge < -0.3 is 14.7 Å². The molecular formula is C18H13O3P. The summed E-state index contributed by atoms with van der Waals surface area (Å²) >= 11 is 0. The average Bonchev–Trinajstić information content (AvgIpc) is 2.81. The molecule has 0 aliphatic carbocycles. The second kappa shape index (κ2) is 4.97. The Morgan fingerprint density at radius 2 is 1.23 bits per heavy atom. The van der Waals surface area contributed by atoms with Crippen LogP contribution in [0.4, 0.5) is 0 Å². The van der Waals surface area contributed by atoms with Gasteiger partial charge in [0.1, 0.15) is 17.2 Å². The normalized spacial score (nSPS) is 11.1. The lowest BCUT2D eigenvalue weighted by Gasteiger charge is -2.06. The van der Waals surface area contributed by atoms with Gasteiger partial charge in [0.15, 0.2) is 0 Å². The maximum absolute atomic E-state index is 9.77. The van der Waals surface area contributed by atoms with Crippen LogP contribution in [0, 0.1) is 0 Å². The molecule has 1 aromatic heterocycles. The van der Waals surface area contributed by atoms with E-state index in [9.17, 15) is 10.2 Å². The minimum Gasteiger partial charge on any atom is -0.508 e. The van der Waals surface area contributed by atoms with Crippen molar-refractivity contribution in [2.45, 2.75) is 0 Å². The third-order valence-electron chi connectivity index (χ3n) is 3.63. The van der Waals surface area contributed by atoms with E-state index in [4.69, 9.17) is 4.52 Å². The van der Waals surface area contributed by atoms with Crippen molar-refractivity contribution in [3.63, 3.8) is 0 Å². The van der Waals surface area contributed by atoms with Crippen LogP contribution in [0.2, 0.25) is 0 Å². The molecule has 4 rings (SSSR count). The van der Waals surface area contributed by atoms with Crippen molar-refractivity contribution in [1.82, 2.24) is 0 Å². The summed E-state index contributed by atoms with van der Waals surface area (Å²) in [6, 6.07) is 20.3. The molecular weight excluding hydrogens is 295 g/mol. The molecule has 22 heavy (non-hydrogen) atoms. The van der Waals surface area contributed by atoms with E-state index in [-0.39, 0.29) is 11.5 Å². The van der Waals surface area contributed by atoms with Crippen molar-refractivity contribution in [3.05, 3.63) is 66.7 Å². The number of aromatic hydroxyl groups is 2. The highest BCUT2D eigenvalue weighted by Gasteiger charge is 2.15. The van der Waals surface area contributed by atoms with Crippen LogP contribution in [-0.4, -0.2) is 10.2 Å². The standard InChI is InChI=1S/C18H13O3P/c19-12-6-8-17-15(10-12)16-11-13(20)7-9-18(16)22(17)21-14-4-2-1-3-5-14/h1-11,19-20H. The summed E-state index contributed by atoms with van der Waals surface area (Å²) in [6.45, 7) is 0. The molecule has 2 N–H and O–H groups in total. The van der Waals surface area contributed by atoms with E-state index in [1.807, 2.05) is 42.5 Å². The number of para-hydroxylation sites is 1. The Kier molecular flexibility index (Phi) is 2.95. The third-order valence-corrected chi connectivity index (χ3v) is 5.68. The first-order valence-corrected chi connectivity index (χ1v) is 8.18. The van der Waals surface area contributed by atoms with Crippen LogP contribution in [0.15, 0.2) is 66.7 Å². The van der Waals surface area contributed by atoms with Crippen LogP contribution < -0.4 is 4.52 Å². The molecule has 0 aliphatic heterocycles. The first-order valence-electron chi connectivity index (χ1n) is 6.92. The Bertz CT molecular complexity index is 915. The highest BCUT2D eigenvalue weighted by molar-refractivity contribution is 7.57. The van der Waals surface area contributed by atoms with Gasteiger partial charge in [0.25, 0.3) is 0 Å². The van der Waals surface area contributed by atoms with Crippen LogP contribution in [0.25, 0.3) is 21.0 Å². The van der Waals surface area contributed by atoms with Gasteiger partial charge in [-0.15, -0.1) is 0 Å². The SMILES string of the molecule is Oc1ccc2c(c1)c1cc(O)ccc1p2Oc1ccccc1. The Hall–Kier alpha value is -2.64. The predicted molar refractivity (Wildman–Crippen MR) is 90.0 cm³/mol. The average molecular weight is 308 g/mol. The van der Waals surface area contributed by atoms with E-state index in [2.05, 4.69) is 0 Å². The summed E-state index contributed by atoms with van der Waals surface area (Å²) < 4.78 is 6.21. The molecule has 0 fully saturated rings. The predicted octanol–water partition coefficient (Wildman–Crippen LogP) is 5.23. The second-order valence-electron chi connectivity index (χ2n) is 5.10. The first-order chi connectivity index (χ1) is 10.7. The highest BCUT2D eigenvalue weighted by Crippen LogP contribution is 2.50. The van der Waals surface area contributed by atoms with Crippen LogP contribution in [0.5, 0.6) is 17.2 Å². The number of benzene rings is 3. The molecule has 1 heterocycles. The number of hydrogen-bond donors (Lipinski definition) is 2. The zero-order chi connectivity index (χ0) is 15.1. The minimum atomic E-state index is -1.00. The molecule has 0 bridgehead atoms. The summed E-state index contributed by atoms with van der Waals surface area (Å²) in [5, 5.41) is 23.5. The fourth-order valence-electron chi connectivity index (χ4n) is 2.65. The maximum atomic E-state index is 9.77. The zero-order valence-corrected chi connectivity index (χ0v) is 12.5. The Balaban J connectivity index is 2.02. The molecule has 3 nitrogen and oxygen atoms in total. The lowest BCUT2D eigenvalue weighted by molar-refractivity contribution is 0.475. The van der Waals surface area contributed by atoms with Gasteiger partial charge in [-0.05, 0) is 48.5 Å². The molecule has 4 aromatic rings. The molecule has 0 amide bonds. The fraction of sp³-hybridized carbons (Fsp3) is 0.